The highest BCUT2D eigenvalue weighted by atomic mass is 127. The van der Waals surface area contributed by atoms with Gasteiger partial charge < -0.3 is 4.90 Å². The Balaban J connectivity index is 2.17. The van der Waals surface area contributed by atoms with Gasteiger partial charge in [-0.2, -0.15) is 0 Å². The normalized spacial score (nSPS) is 41.7. The maximum atomic E-state index is 11.5. The van der Waals surface area contributed by atoms with Crippen molar-refractivity contribution >= 4 is 40.1 Å². The molecule has 0 aliphatic carbocycles. The van der Waals surface area contributed by atoms with E-state index in [1.807, 2.05) is 4.90 Å². The van der Waals surface area contributed by atoms with E-state index in [1.165, 1.54) is 6.42 Å². The number of carbonyl (C=O) groups excluding carboxylic acids is 1. The maximum absolute atomic E-state index is 11.5. The van der Waals surface area contributed by atoms with Gasteiger partial charge in [0, 0.05) is 16.5 Å². The average Bonchev–Trinajstić information content (AvgIpc) is 2.48. The van der Waals surface area contributed by atoms with E-state index >= 15 is 0 Å². The van der Waals surface area contributed by atoms with Crippen LogP contribution in [0.4, 0.5) is 0 Å². The van der Waals surface area contributed by atoms with Crippen LogP contribution in [0.3, 0.4) is 0 Å². The van der Waals surface area contributed by atoms with E-state index in [2.05, 4.69) is 22.6 Å². The fraction of sp³-hybridized carbons (Fsp3) is 0.875. The summed E-state index contributed by atoms with van der Waals surface area (Å²) in [5.74, 6) is 0.159. The number of piperidine rings is 1. The highest BCUT2D eigenvalue weighted by Crippen LogP contribution is 2.34. The summed E-state index contributed by atoms with van der Waals surface area (Å²) in [6.07, 6.45) is 3.17. The van der Waals surface area contributed by atoms with Gasteiger partial charge in [0.25, 0.3) is 0 Å². The molecule has 0 unspecified atom stereocenters. The lowest BCUT2D eigenvalue weighted by atomic mass is 10.0. The Bertz CT molecular complexity index is 211. The summed E-state index contributed by atoms with van der Waals surface area (Å²) in [6, 6.07) is 0.480. The number of amides is 1. The highest BCUT2D eigenvalue weighted by Gasteiger charge is 2.41. The van der Waals surface area contributed by atoms with Gasteiger partial charge in [-0.25, -0.2) is 0 Å². The molecule has 0 N–H and O–H groups in total. The SMILES string of the molecule is O=C1[C@@H](Cl)C[C@@H](I)[C@@H]2CCCN12. The van der Waals surface area contributed by atoms with Crippen molar-refractivity contribution in [3.63, 3.8) is 0 Å². The van der Waals surface area contributed by atoms with Gasteiger partial charge in [-0.3, -0.25) is 4.79 Å². The van der Waals surface area contributed by atoms with Crippen LogP contribution in [0.2, 0.25) is 0 Å². The summed E-state index contributed by atoms with van der Waals surface area (Å²) in [4.78, 5) is 13.5. The number of halogens is 2. The molecule has 0 aromatic carbocycles. The smallest absolute Gasteiger partial charge is 0.240 e. The molecule has 0 saturated carbocycles. The second-order valence-corrected chi connectivity index (χ2v) is 5.59. The van der Waals surface area contributed by atoms with Gasteiger partial charge >= 0.3 is 0 Å². The van der Waals surface area contributed by atoms with Gasteiger partial charge in [0.1, 0.15) is 5.38 Å². The van der Waals surface area contributed by atoms with Crippen molar-refractivity contribution in [2.45, 2.75) is 34.6 Å². The topological polar surface area (TPSA) is 20.3 Å². The minimum atomic E-state index is -0.263. The van der Waals surface area contributed by atoms with Gasteiger partial charge in [-0.1, -0.05) is 22.6 Å². The van der Waals surface area contributed by atoms with Crippen molar-refractivity contribution < 1.29 is 4.79 Å². The molecule has 4 heteroatoms. The predicted molar refractivity (Wildman–Crippen MR) is 56.8 cm³/mol. The zero-order valence-electron chi connectivity index (χ0n) is 6.67. The van der Waals surface area contributed by atoms with E-state index < -0.39 is 0 Å². The Kier molecular flexibility index (Phi) is 2.51. The van der Waals surface area contributed by atoms with Crippen LogP contribution < -0.4 is 0 Å². The molecular formula is C8H11ClINO. The summed E-state index contributed by atoms with van der Waals surface area (Å²) < 4.78 is 0.560. The molecule has 1 amide bonds. The molecular weight excluding hydrogens is 288 g/mol. The standard InChI is InChI=1S/C8H11ClINO/c9-5-4-6(10)7-2-1-3-11(7)8(5)12/h5-7H,1-4H2/t5-,6+,7-/m0/s1. The lowest BCUT2D eigenvalue weighted by Gasteiger charge is -2.35. The highest BCUT2D eigenvalue weighted by molar-refractivity contribution is 14.1. The Morgan fingerprint density at radius 1 is 1.58 bits per heavy atom. The number of hydrogen-bond donors (Lipinski definition) is 0. The van der Waals surface area contributed by atoms with Crippen molar-refractivity contribution in [2.75, 3.05) is 6.54 Å². The van der Waals surface area contributed by atoms with E-state index in [-0.39, 0.29) is 11.3 Å². The predicted octanol–water partition coefficient (Wildman–Crippen LogP) is 1.79. The number of carbonyl (C=O) groups is 1. The van der Waals surface area contributed by atoms with Gasteiger partial charge in [-0.05, 0) is 19.3 Å². The van der Waals surface area contributed by atoms with Gasteiger partial charge in [0.2, 0.25) is 5.91 Å². The fourth-order valence-electron chi connectivity index (χ4n) is 2.08. The molecule has 2 nitrogen and oxygen atoms in total. The van der Waals surface area contributed by atoms with Crippen LogP contribution in [-0.4, -0.2) is 32.7 Å². The fourth-order valence-corrected chi connectivity index (χ4v) is 3.95. The third-order valence-corrected chi connectivity index (χ3v) is 4.40. The number of fused-ring (bicyclic) bond motifs is 1. The van der Waals surface area contributed by atoms with Crippen molar-refractivity contribution in [1.82, 2.24) is 4.90 Å². The molecule has 2 rings (SSSR count). The van der Waals surface area contributed by atoms with Crippen molar-refractivity contribution in [3.8, 4) is 0 Å². The van der Waals surface area contributed by atoms with E-state index in [1.54, 1.807) is 0 Å². The van der Waals surface area contributed by atoms with Gasteiger partial charge in [-0.15, -0.1) is 11.6 Å². The molecule has 0 bridgehead atoms. The summed E-state index contributed by atoms with van der Waals surface area (Å²) in [6.45, 7) is 0.923. The number of nitrogens with zero attached hydrogens (tertiary/aromatic N) is 1. The maximum Gasteiger partial charge on any atom is 0.240 e. The van der Waals surface area contributed by atoms with Gasteiger partial charge in [0.05, 0.1) is 0 Å². The Morgan fingerprint density at radius 2 is 2.33 bits per heavy atom. The first-order valence-corrected chi connectivity index (χ1v) is 5.97. The van der Waals surface area contributed by atoms with E-state index in [0.29, 0.717) is 9.97 Å². The first kappa shape index (κ1) is 9.06. The molecule has 2 saturated heterocycles. The number of hydrogen-bond acceptors (Lipinski definition) is 1. The Hall–Kier alpha value is 0.490. The molecule has 0 aromatic rings. The molecule has 68 valence electrons. The van der Waals surface area contributed by atoms with Crippen LogP contribution >= 0.6 is 34.2 Å². The second kappa shape index (κ2) is 3.33. The van der Waals surface area contributed by atoms with Crippen LogP contribution in [0.1, 0.15) is 19.3 Å². The summed E-state index contributed by atoms with van der Waals surface area (Å²) in [7, 11) is 0. The first-order valence-electron chi connectivity index (χ1n) is 4.29. The molecule has 2 aliphatic heterocycles. The number of rotatable bonds is 0. The van der Waals surface area contributed by atoms with Crippen LogP contribution in [0, 0.1) is 0 Å². The van der Waals surface area contributed by atoms with Crippen molar-refractivity contribution in [2.24, 2.45) is 0 Å². The zero-order chi connectivity index (χ0) is 8.72. The lowest BCUT2D eigenvalue weighted by molar-refractivity contribution is -0.133. The minimum absolute atomic E-state index is 0.159. The van der Waals surface area contributed by atoms with Gasteiger partial charge in [0.15, 0.2) is 0 Å². The second-order valence-electron chi connectivity index (χ2n) is 3.46. The molecule has 2 fully saturated rings. The third kappa shape index (κ3) is 1.35. The largest absolute Gasteiger partial charge is 0.337 e. The average molecular weight is 300 g/mol. The Labute approximate surface area is 90.8 Å². The molecule has 0 spiro atoms. The molecule has 2 heterocycles. The van der Waals surface area contributed by atoms with Crippen molar-refractivity contribution in [3.05, 3.63) is 0 Å². The van der Waals surface area contributed by atoms with Crippen LogP contribution in [0.5, 0.6) is 0 Å². The Morgan fingerprint density at radius 3 is 3.08 bits per heavy atom. The van der Waals surface area contributed by atoms with Crippen LogP contribution in [0.15, 0.2) is 0 Å². The molecule has 2 aliphatic rings. The molecule has 12 heavy (non-hydrogen) atoms. The molecule has 3 atom stereocenters. The first-order chi connectivity index (χ1) is 5.70. The monoisotopic (exact) mass is 299 g/mol. The summed E-state index contributed by atoms with van der Waals surface area (Å²) >= 11 is 8.35. The zero-order valence-corrected chi connectivity index (χ0v) is 9.59. The number of alkyl halides is 2. The van der Waals surface area contributed by atoms with E-state index in [0.717, 1.165) is 19.4 Å². The third-order valence-electron chi connectivity index (χ3n) is 2.70. The summed E-state index contributed by atoms with van der Waals surface area (Å²) in [5.41, 5.74) is 0. The van der Waals surface area contributed by atoms with Crippen LogP contribution in [0.25, 0.3) is 0 Å². The molecule has 0 radical (unpaired) electrons. The molecule has 0 aromatic heterocycles. The quantitative estimate of drug-likeness (QED) is 0.493. The van der Waals surface area contributed by atoms with E-state index in [9.17, 15) is 4.79 Å². The minimum Gasteiger partial charge on any atom is -0.337 e. The van der Waals surface area contributed by atoms with E-state index in [4.69, 9.17) is 11.6 Å². The van der Waals surface area contributed by atoms with Crippen molar-refractivity contribution in [1.29, 1.82) is 0 Å². The lowest BCUT2D eigenvalue weighted by Crippen LogP contribution is -2.50. The van der Waals surface area contributed by atoms with Crippen LogP contribution in [-0.2, 0) is 4.79 Å². The summed E-state index contributed by atoms with van der Waals surface area (Å²) in [5, 5.41) is -0.263.